The molecule has 5 heterocycles. The molecule has 1 aliphatic rings. The molecule has 0 unspecified atom stereocenters. The lowest BCUT2D eigenvalue weighted by Gasteiger charge is -2.38. The molecule has 0 radical (unpaired) electrons. The highest BCUT2D eigenvalue weighted by Gasteiger charge is 2.29. The quantitative estimate of drug-likeness (QED) is 0.535. The molecular formula is C21H22N6S. The van der Waals surface area contributed by atoms with Gasteiger partial charge in [0, 0.05) is 50.3 Å². The molecular weight excluding hydrogens is 368 g/mol. The molecule has 142 valence electrons. The molecule has 1 saturated heterocycles. The van der Waals surface area contributed by atoms with Crippen LogP contribution in [-0.4, -0.2) is 56.3 Å². The molecule has 0 aliphatic carbocycles. The standard InChI is InChI=1S/C21H22N6S/c1-25-9-10-26(12-16-6-11-28-15-16)14-20(25)21-19-3-2-18(13-27(19)24-23-21)17-4-7-22-8-5-17/h2-8,11,13,15,20H,9-10,12,14H2,1H3/t20-/m0/s1. The fourth-order valence-electron chi connectivity index (χ4n) is 3.88. The van der Waals surface area contributed by atoms with Crippen LogP contribution in [0.4, 0.5) is 0 Å². The smallest absolute Gasteiger partial charge is 0.109 e. The van der Waals surface area contributed by atoms with Gasteiger partial charge in [-0.3, -0.25) is 14.8 Å². The number of fused-ring (bicyclic) bond motifs is 1. The second-order valence-corrected chi connectivity index (χ2v) is 8.10. The molecule has 1 atom stereocenters. The molecule has 4 aromatic heterocycles. The maximum Gasteiger partial charge on any atom is 0.109 e. The zero-order chi connectivity index (χ0) is 18.9. The largest absolute Gasteiger partial charge is 0.296 e. The average Bonchev–Trinajstić information content (AvgIpc) is 3.39. The lowest BCUT2D eigenvalue weighted by Crippen LogP contribution is -2.46. The second-order valence-electron chi connectivity index (χ2n) is 7.32. The van der Waals surface area contributed by atoms with E-state index in [4.69, 9.17) is 0 Å². The van der Waals surface area contributed by atoms with Crippen molar-refractivity contribution in [3.63, 3.8) is 0 Å². The molecule has 0 N–H and O–H groups in total. The van der Waals surface area contributed by atoms with Crippen LogP contribution in [0.15, 0.2) is 59.7 Å². The molecule has 5 rings (SSSR count). The Balaban J connectivity index is 1.43. The van der Waals surface area contributed by atoms with Crippen LogP contribution in [0.1, 0.15) is 17.3 Å². The zero-order valence-corrected chi connectivity index (χ0v) is 16.6. The van der Waals surface area contributed by atoms with Crippen molar-refractivity contribution in [3.8, 4) is 11.1 Å². The van der Waals surface area contributed by atoms with Crippen LogP contribution in [0.2, 0.25) is 0 Å². The summed E-state index contributed by atoms with van der Waals surface area (Å²) in [7, 11) is 2.18. The summed E-state index contributed by atoms with van der Waals surface area (Å²) in [5, 5.41) is 13.4. The molecule has 1 fully saturated rings. The maximum atomic E-state index is 4.57. The molecule has 1 aliphatic heterocycles. The molecule has 4 aromatic rings. The van der Waals surface area contributed by atoms with Gasteiger partial charge in [-0.05, 0) is 53.2 Å². The van der Waals surface area contributed by atoms with Gasteiger partial charge in [0.1, 0.15) is 5.69 Å². The number of likely N-dealkylation sites (N-methyl/N-ethyl adjacent to an activating group) is 1. The van der Waals surface area contributed by atoms with Crippen molar-refractivity contribution in [3.05, 3.63) is 70.9 Å². The van der Waals surface area contributed by atoms with E-state index in [0.717, 1.165) is 48.5 Å². The van der Waals surface area contributed by atoms with Crippen LogP contribution in [0.5, 0.6) is 0 Å². The molecule has 6 nitrogen and oxygen atoms in total. The van der Waals surface area contributed by atoms with Gasteiger partial charge < -0.3 is 0 Å². The summed E-state index contributed by atoms with van der Waals surface area (Å²) in [6, 6.07) is 10.8. The third-order valence-corrected chi connectivity index (χ3v) is 6.22. The van der Waals surface area contributed by atoms with Gasteiger partial charge in [-0.25, -0.2) is 4.52 Å². The summed E-state index contributed by atoms with van der Waals surface area (Å²) in [4.78, 5) is 9.01. The first kappa shape index (κ1) is 17.5. The van der Waals surface area contributed by atoms with E-state index in [1.54, 1.807) is 11.3 Å². The van der Waals surface area contributed by atoms with E-state index >= 15 is 0 Å². The monoisotopic (exact) mass is 390 g/mol. The van der Waals surface area contributed by atoms with Crippen LogP contribution in [0, 0.1) is 0 Å². The lowest BCUT2D eigenvalue weighted by atomic mass is 10.1. The van der Waals surface area contributed by atoms with Gasteiger partial charge in [0.25, 0.3) is 0 Å². The summed E-state index contributed by atoms with van der Waals surface area (Å²) in [5.41, 5.74) is 5.77. The third kappa shape index (κ3) is 3.32. The van der Waals surface area contributed by atoms with Crippen molar-refractivity contribution < 1.29 is 0 Å². The number of hydrogen-bond acceptors (Lipinski definition) is 6. The van der Waals surface area contributed by atoms with Gasteiger partial charge in [-0.15, -0.1) is 5.10 Å². The first-order valence-corrected chi connectivity index (χ1v) is 10.4. The number of nitrogens with zero attached hydrogens (tertiary/aromatic N) is 6. The highest BCUT2D eigenvalue weighted by Crippen LogP contribution is 2.28. The Bertz CT molecular complexity index is 1060. The van der Waals surface area contributed by atoms with Crippen molar-refractivity contribution >= 4 is 16.9 Å². The lowest BCUT2D eigenvalue weighted by molar-refractivity contribution is 0.0890. The topological polar surface area (TPSA) is 49.6 Å². The van der Waals surface area contributed by atoms with Gasteiger partial charge in [-0.2, -0.15) is 11.3 Å². The van der Waals surface area contributed by atoms with Gasteiger partial charge >= 0.3 is 0 Å². The summed E-state index contributed by atoms with van der Waals surface area (Å²) >= 11 is 1.76. The predicted molar refractivity (Wildman–Crippen MR) is 111 cm³/mol. The number of hydrogen-bond donors (Lipinski definition) is 0. The first-order valence-electron chi connectivity index (χ1n) is 9.47. The minimum absolute atomic E-state index is 0.247. The first-order chi connectivity index (χ1) is 13.8. The van der Waals surface area contributed by atoms with Crippen molar-refractivity contribution in [2.45, 2.75) is 12.6 Å². The van der Waals surface area contributed by atoms with E-state index in [-0.39, 0.29) is 6.04 Å². The fourth-order valence-corrected chi connectivity index (χ4v) is 4.54. The van der Waals surface area contributed by atoms with E-state index in [2.05, 4.69) is 61.1 Å². The molecule has 7 heteroatoms. The Labute approximate surface area is 168 Å². The fraction of sp³-hybridized carbons (Fsp3) is 0.286. The van der Waals surface area contributed by atoms with Crippen molar-refractivity contribution in [2.75, 3.05) is 26.7 Å². The van der Waals surface area contributed by atoms with Crippen molar-refractivity contribution in [1.29, 1.82) is 0 Å². The van der Waals surface area contributed by atoms with Gasteiger partial charge in [0.05, 0.1) is 11.6 Å². The molecule has 28 heavy (non-hydrogen) atoms. The minimum atomic E-state index is 0.247. The second kappa shape index (κ2) is 7.43. The van der Waals surface area contributed by atoms with Crippen LogP contribution >= 0.6 is 11.3 Å². The molecule has 0 saturated carbocycles. The van der Waals surface area contributed by atoms with Crippen LogP contribution < -0.4 is 0 Å². The highest BCUT2D eigenvalue weighted by molar-refractivity contribution is 7.07. The van der Waals surface area contributed by atoms with E-state index in [1.165, 1.54) is 5.56 Å². The van der Waals surface area contributed by atoms with E-state index in [9.17, 15) is 0 Å². The van der Waals surface area contributed by atoms with Gasteiger partial charge in [0.2, 0.25) is 0 Å². The average molecular weight is 391 g/mol. The van der Waals surface area contributed by atoms with Gasteiger partial charge in [-0.1, -0.05) is 11.3 Å². The number of rotatable bonds is 4. The highest BCUT2D eigenvalue weighted by atomic mass is 32.1. The number of thiophene rings is 1. The van der Waals surface area contributed by atoms with Crippen LogP contribution in [-0.2, 0) is 6.54 Å². The van der Waals surface area contributed by atoms with E-state index in [0.29, 0.717) is 0 Å². The SMILES string of the molecule is CN1CCN(Cc2ccsc2)C[C@H]1c1nnn2cc(-c3ccncc3)ccc12. The van der Waals surface area contributed by atoms with Crippen molar-refractivity contribution in [1.82, 2.24) is 29.6 Å². The predicted octanol–water partition coefficient (Wildman–Crippen LogP) is 3.34. The number of pyridine rings is 2. The Hall–Kier alpha value is -2.61. The molecule has 0 spiro atoms. The Morgan fingerprint density at radius 3 is 2.79 bits per heavy atom. The summed E-state index contributed by atoms with van der Waals surface area (Å²) in [6.45, 7) is 4.07. The maximum absolute atomic E-state index is 4.57. The molecule has 0 bridgehead atoms. The zero-order valence-electron chi connectivity index (χ0n) is 15.8. The molecule has 0 aromatic carbocycles. The summed E-state index contributed by atoms with van der Waals surface area (Å²) in [6.07, 6.45) is 5.67. The number of piperazine rings is 1. The van der Waals surface area contributed by atoms with Crippen LogP contribution in [0.25, 0.3) is 16.6 Å². The third-order valence-electron chi connectivity index (χ3n) is 5.49. The Morgan fingerprint density at radius 2 is 1.96 bits per heavy atom. The summed E-state index contributed by atoms with van der Waals surface area (Å²) in [5.74, 6) is 0. The van der Waals surface area contributed by atoms with Crippen LogP contribution in [0.3, 0.4) is 0 Å². The normalized spacial score (nSPS) is 18.7. The Kier molecular flexibility index (Phi) is 4.64. The molecule has 0 amide bonds. The number of aromatic nitrogens is 4. The van der Waals surface area contributed by atoms with E-state index < -0.39 is 0 Å². The van der Waals surface area contributed by atoms with Crippen molar-refractivity contribution in [2.24, 2.45) is 0 Å². The summed E-state index contributed by atoms with van der Waals surface area (Å²) < 4.78 is 1.90. The van der Waals surface area contributed by atoms with E-state index in [1.807, 2.05) is 35.2 Å². The Morgan fingerprint density at radius 1 is 1.07 bits per heavy atom. The minimum Gasteiger partial charge on any atom is -0.296 e. The van der Waals surface area contributed by atoms with Gasteiger partial charge in [0.15, 0.2) is 0 Å².